The molecule has 0 bridgehead atoms. The number of anilines is 1. The molecule has 0 saturated carbocycles. The van der Waals surface area contributed by atoms with Crippen molar-refractivity contribution >= 4 is 11.7 Å². The van der Waals surface area contributed by atoms with Gasteiger partial charge in [-0.15, -0.1) is 0 Å². The quantitative estimate of drug-likeness (QED) is 0.908. The second-order valence-electron chi connectivity index (χ2n) is 5.16. The minimum absolute atomic E-state index is 0.259. The molecule has 1 atom stereocenters. The standard InChI is InChI=1S/C15H20FNO2/c1-2-11-4-3-8-17(9-7-11)12-5-6-13(15(18)19)14(16)10-12/h5-6,10-11H,2-4,7-9H2,1H3,(H,18,19). The molecule has 3 nitrogen and oxygen atoms in total. The second-order valence-corrected chi connectivity index (χ2v) is 5.16. The Morgan fingerprint density at radius 3 is 2.84 bits per heavy atom. The molecule has 1 unspecified atom stereocenters. The van der Waals surface area contributed by atoms with Crippen molar-refractivity contribution in [3.05, 3.63) is 29.6 Å². The fraction of sp³-hybridized carbons (Fsp3) is 0.533. The average molecular weight is 265 g/mol. The molecule has 0 aliphatic carbocycles. The molecule has 1 aromatic rings. The maximum absolute atomic E-state index is 13.7. The number of carbonyl (C=O) groups is 1. The van der Waals surface area contributed by atoms with Crippen molar-refractivity contribution in [2.24, 2.45) is 5.92 Å². The Morgan fingerprint density at radius 2 is 2.21 bits per heavy atom. The van der Waals surface area contributed by atoms with Gasteiger partial charge in [-0.1, -0.05) is 13.3 Å². The summed E-state index contributed by atoms with van der Waals surface area (Å²) in [5, 5.41) is 8.82. The number of carboxylic acid groups (broad SMARTS) is 1. The molecular formula is C15H20FNO2. The molecule has 4 heteroatoms. The van der Waals surface area contributed by atoms with Crippen LogP contribution in [0.25, 0.3) is 0 Å². The highest BCUT2D eigenvalue weighted by molar-refractivity contribution is 5.88. The van der Waals surface area contributed by atoms with Crippen molar-refractivity contribution in [1.82, 2.24) is 0 Å². The summed E-state index contributed by atoms with van der Waals surface area (Å²) in [6.45, 7) is 4.05. The Labute approximate surface area is 113 Å². The van der Waals surface area contributed by atoms with E-state index < -0.39 is 11.8 Å². The predicted octanol–water partition coefficient (Wildman–Crippen LogP) is 3.54. The summed E-state index contributed by atoms with van der Waals surface area (Å²) in [6.07, 6.45) is 4.66. The van der Waals surface area contributed by atoms with Crippen LogP contribution in [-0.2, 0) is 0 Å². The summed E-state index contributed by atoms with van der Waals surface area (Å²) >= 11 is 0. The number of rotatable bonds is 3. The molecule has 0 spiro atoms. The van der Waals surface area contributed by atoms with Crippen LogP contribution in [0.3, 0.4) is 0 Å². The lowest BCUT2D eigenvalue weighted by atomic mass is 9.98. The molecule has 2 rings (SSSR count). The van der Waals surface area contributed by atoms with E-state index in [-0.39, 0.29) is 5.56 Å². The third-order valence-electron chi connectivity index (χ3n) is 3.97. The van der Waals surface area contributed by atoms with Crippen LogP contribution < -0.4 is 4.90 Å². The van der Waals surface area contributed by atoms with Crippen molar-refractivity contribution in [2.75, 3.05) is 18.0 Å². The zero-order chi connectivity index (χ0) is 13.8. The van der Waals surface area contributed by atoms with Gasteiger partial charge in [-0.3, -0.25) is 0 Å². The fourth-order valence-electron chi connectivity index (χ4n) is 2.71. The molecule has 0 amide bonds. The largest absolute Gasteiger partial charge is 0.478 e. The van der Waals surface area contributed by atoms with Crippen LogP contribution >= 0.6 is 0 Å². The summed E-state index contributed by atoms with van der Waals surface area (Å²) in [5.41, 5.74) is 0.532. The molecule has 0 aromatic heterocycles. The number of hydrogen-bond donors (Lipinski definition) is 1. The zero-order valence-corrected chi connectivity index (χ0v) is 11.2. The fourth-order valence-corrected chi connectivity index (χ4v) is 2.71. The van der Waals surface area contributed by atoms with Crippen LogP contribution in [-0.4, -0.2) is 24.2 Å². The van der Waals surface area contributed by atoms with E-state index in [1.165, 1.54) is 25.0 Å². The van der Waals surface area contributed by atoms with Gasteiger partial charge in [-0.2, -0.15) is 0 Å². The topological polar surface area (TPSA) is 40.5 Å². The number of aromatic carboxylic acids is 1. The lowest BCUT2D eigenvalue weighted by Crippen LogP contribution is -2.24. The molecule has 1 saturated heterocycles. The SMILES string of the molecule is CCC1CCCN(c2ccc(C(=O)O)c(F)c2)CC1. The Bertz CT molecular complexity index is 461. The Morgan fingerprint density at radius 1 is 1.42 bits per heavy atom. The van der Waals surface area contributed by atoms with Gasteiger partial charge in [0, 0.05) is 18.8 Å². The molecule has 1 N–H and O–H groups in total. The normalized spacial score (nSPS) is 20.1. The highest BCUT2D eigenvalue weighted by Gasteiger charge is 2.18. The van der Waals surface area contributed by atoms with E-state index in [1.54, 1.807) is 6.07 Å². The molecule has 19 heavy (non-hydrogen) atoms. The summed E-state index contributed by atoms with van der Waals surface area (Å²) in [7, 11) is 0. The molecule has 1 aliphatic heterocycles. The monoisotopic (exact) mass is 265 g/mol. The van der Waals surface area contributed by atoms with Gasteiger partial charge in [-0.25, -0.2) is 9.18 Å². The van der Waals surface area contributed by atoms with Crippen LogP contribution in [0.4, 0.5) is 10.1 Å². The third kappa shape index (κ3) is 3.25. The number of carboxylic acids is 1. The number of halogens is 1. The van der Waals surface area contributed by atoms with Crippen molar-refractivity contribution in [2.45, 2.75) is 32.6 Å². The summed E-state index contributed by atoms with van der Waals surface area (Å²) < 4.78 is 13.7. The summed E-state index contributed by atoms with van der Waals surface area (Å²) in [4.78, 5) is 12.9. The smallest absolute Gasteiger partial charge is 0.338 e. The van der Waals surface area contributed by atoms with Crippen LogP contribution in [0, 0.1) is 11.7 Å². The molecule has 1 heterocycles. The maximum atomic E-state index is 13.7. The van der Waals surface area contributed by atoms with Gasteiger partial charge >= 0.3 is 5.97 Å². The van der Waals surface area contributed by atoms with Crippen molar-refractivity contribution in [3.8, 4) is 0 Å². The molecular weight excluding hydrogens is 245 g/mol. The Kier molecular flexibility index (Phi) is 4.40. The maximum Gasteiger partial charge on any atom is 0.338 e. The van der Waals surface area contributed by atoms with E-state index in [0.717, 1.165) is 37.5 Å². The van der Waals surface area contributed by atoms with Gasteiger partial charge in [0.25, 0.3) is 0 Å². The lowest BCUT2D eigenvalue weighted by molar-refractivity contribution is 0.0692. The average Bonchev–Trinajstić information content (AvgIpc) is 2.63. The highest BCUT2D eigenvalue weighted by Crippen LogP contribution is 2.25. The van der Waals surface area contributed by atoms with Crippen molar-refractivity contribution in [3.63, 3.8) is 0 Å². The Balaban J connectivity index is 2.13. The number of nitrogens with zero attached hydrogens (tertiary/aromatic N) is 1. The molecule has 1 fully saturated rings. The summed E-state index contributed by atoms with van der Waals surface area (Å²) in [6, 6.07) is 4.41. The van der Waals surface area contributed by atoms with Gasteiger partial charge < -0.3 is 10.0 Å². The second kappa shape index (κ2) is 6.04. The first kappa shape index (κ1) is 13.8. The van der Waals surface area contributed by atoms with E-state index in [4.69, 9.17) is 5.11 Å². The van der Waals surface area contributed by atoms with E-state index in [9.17, 15) is 9.18 Å². The summed E-state index contributed by atoms with van der Waals surface area (Å²) in [5.74, 6) is -1.11. The zero-order valence-electron chi connectivity index (χ0n) is 11.2. The van der Waals surface area contributed by atoms with Crippen molar-refractivity contribution < 1.29 is 14.3 Å². The van der Waals surface area contributed by atoms with Gasteiger partial charge in [0.05, 0.1) is 5.56 Å². The van der Waals surface area contributed by atoms with Crippen LogP contribution in [0.15, 0.2) is 18.2 Å². The van der Waals surface area contributed by atoms with Crippen LogP contribution in [0.1, 0.15) is 43.0 Å². The molecule has 104 valence electrons. The molecule has 0 radical (unpaired) electrons. The lowest BCUT2D eigenvalue weighted by Gasteiger charge is -2.23. The van der Waals surface area contributed by atoms with E-state index in [2.05, 4.69) is 11.8 Å². The Hall–Kier alpha value is -1.58. The van der Waals surface area contributed by atoms with Crippen molar-refractivity contribution in [1.29, 1.82) is 0 Å². The molecule has 1 aliphatic rings. The van der Waals surface area contributed by atoms with Gasteiger partial charge in [-0.05, 0) is 43.4 Å². The van der Waals surface area contributed by atoms with Gasteiger partial charge in [0.2, 0.25) is 0 Å². The first-order chi connectivity index (χ1) is 9.11. The third-order valence-corrected chi connectivity index (χ3v) is 3.97. The predicted molar refractivity (Wildman–Crippen MR) is 73.2 cm³/mol. The van der Waals surface area contributed by atoms with E-state index in [0.29, 0.717) is 0 Å². The van der Waals surface area contributed by atoms with E-state index >= 15 is 0 Å². The van der Waals surface area contributed by atoms with E-state index in [1.807, 2.05) is 0 Å². The minimum Gasteiger partial charge on any atom is -0.478 e. The van der Waals surface area contributed by atoms with Gasteiger partial charge in [0.1, 0.15) is 5.82 Å². The minimum atomic E-state index is -1.22. The molecule has 1 aromatic carbocycles. The number of hydrogen-bond acceptors (Lipinski definition) is 2. The first-order valence-corrected chi connectivity index (χ1v) is 6.89. The number of benzene rings is 1. The van der Waals surface area contributed by atoms with Crippen LogP contribution in [0.5, 0.6) is 0 Å². The van der Waals surface area contributed by atoms with Gasteiger partial charge in [0.15, 0.2) is 0 Å². The first-order valence-electron chi connectivity index (χ1n) is 6.89. The van der Waals surface area contributed by atoms with Crippen LogP contribution in [0.2, 0.25) is 0 Å². The highest BCUT2D eigenvalue weighted by atomic mass is 19.1.